The molecule has 0 unspecified atom stereocenters. The van der Waals surface area contributed by atoms with Gasteiger partial charge in [0, 0.05) is 23.3 Å². The van der Waals surface area contributed by atoms with E-state index in [0.29, 0.717) is 4.47 Å². The molecule has 0 amide bonds. The van der Waals surface area contributed by atoms with Gasteiger partial charge in [-0.2, -0.15) is 12.8 Å². The van der Waals surface area contributed by atoms with Gasteiger partial charge in [0.1, 0.15) is 4.90 Å². The van der Waals surface area contributed by atoms with Crippen LogP contribution < -0.4 is 0 Å². The quantitative estimate of drug-likeness (QED) is 0.892. The van der Waals surface area contributed by atoms with Gasteiger partial charge in [0.15, 0.2) is 0 Å². The zero-order chi connectivity index (χ0) is 14.8. The molecule has 1 aromatic rings. The van der Waals surface area contributed by atoms with Crippen molar-refractivity contribution in [2.24, 2.45) is 4.40 Å². The Bertz CT molecular complexity index is 750. The molecule has 0 saturated carbocycles. The molecule has 0 aromatic carbocycles. The van der Waals surface area contributed by atoms with E-state index in [9.17, 15) is 13.2 Å². The summed E-state index contributed by atoms with van der Waals surface area (Å²) in [6.07, 6.45) is 6.93. The lowest BCUT2D eigenvalue weighted by Crippen LogP contribution is -2.08. The van der Waals surface area contributed by atoms with Crippen molar-refractivity contribution in [1.29, 1.82) is 0 Å². The lowest BCUT2D eigenvalue weighted by molar-refractivity contribution is -0.132. The molecule has 1 heterocycles. The van der Waals surface area contributed by atoms with Crippen LogP contribution in [0, 0.1) is 0 Å². The average molecular weight is 357 g/mol. The summed E-state index contributed by atoms with van der Waals surface area (Å²) in [6.45, 7) is 0. The summed E-state index contributed by atoms with van der Waals surface area (Å²) in [7, 11) is -3.85. The fourth-order valence-corrected chi connectivity index (χ4v) is 3.04. The van der Waals surface area contributed by atoms with E-state index in [0.717, 1.165) is 0 Å². The largest absolute Gasteiger partial charge is 0.478 e. The van der Waals surface area contributed by atoms with E-state index in [2.05, 4.69) is 25.3 Å². The lowest BCUT2D eigenvalue weighted by atomic mass is 10.1. The van der Waals surface area contributed by atoms with Gasteiger partial charge in [-0.05, 0) is 34.1 Å². The maximum absolute atomic E-state index is 12.0. The highest BCUT2D eigenvalue weighted by atomic mass is 79.9. The number of rotatable bonds is 3. The van der Waals surface area contributed by atoms with E-state index in [1.165, 1.54) is 36.7 Å². The van der Waals surface area contributed by atoms with Crippen LogP contribution in [0.4, 0.5) is 0 Å². The molecule has 1 aromatic heterocycles. The molecule has 6 nitrogen and oxygen atoms in total. The molecule has 1 N–H and O–H groups in total. The van der Waals surface area contributed by atoms with Crippen molar-refractivity contribution in [1.82, 2.24) is 4.98 Å². The number of sulfonamides is 1. The van der Waals surface area contributed by atoms with Gasteiger partial charge >= 0.3 is 5.97 Å². The van der Waals surface area contributed by atoms with Crippen molar-refractivity contribution in [3.63, 3.8) is 0 Å². The zero-order valence-corrected chi connectivity index (χ0v) is 12.4. The lowest BCUT2D eigenvalue weighted by Gasteiger charge is -2.05. The van der Waals surface area contributed by atoms with Crippen LogP contribution in [0.15, 0.2) is 56.0 Å². The van der Waals surface area contributed by atoms with Crippen molar-refractivity contribution in [2.45, 2.75) is 11.3 Å². The second-order valence-corrected chi connectivity index (χ2v) is 6.42. The first-order chi connectivity index (χ1) is 9.38. The summed E-state index contributed by atoms with van der Waals surface area (Å²) in [5.74, 6) is -1.06. The van der Waals surface area contributed by atoms with Crippen molar-refractivity contribution < 1.29 is 18.3 Å². The van der Waals surface area contributed by atoms with Crippen molar-refractivity contribution >= 4 is 37.6 Å². The molecule has 2 rings (SSSR count). The Kier molecular flexibility index (Phi) is 4.15. The van der Waals surface area contributed by atoms with Crippen LogP contribution in [0.5, 0.6) is 0 Å². The molecule has 0 aliphatic heterocycles. The number of hydrogen-bond donors (Lipinski definition) is 1. The number of nitrogens with zero attached hydrogens (tertiary/aromatic N) is 2. The normalized spacial score (nSPS) is 17.1. The van der Waals surface area contributed by atoms with Crippen molar-refractivity contribution in [2.75, 3.05) is 0 Å². The molecule has 20 heavy (non-hydrogen) atoms. The second kappa shape index (κ2) is 5.68. The van der Waals surface area contributed by atoms with Crippen molar-refractivity contribution in [3.05, 3.63) is 46.7 Å². The van der Waals surface area contributed by atoms with Gasteiger partial charge in [0.05, 0.1) is 11.3 Å². The Labute approximate surface area is 123 Å². The van der Waals surface area contributed by atoms with Crippen LogP contribution in [0.1, 0.15) is 6.42 Å². The van der Waals surface area contributed by atoms with E-state index in [4.69, 9.17) is 5.11 Å². The van der Waals surface area contributed by atoms with E-state index in [-0.39, 0.29) is 22.6 Å². The number of aromatic nitrogens is 1. The summed E-state index contributed by atoms with van der Waals surface area (Å²) in [6, 6.07) is 1.40. The maximum atomic E-state index is 12.0. The Morgan fingerprint density at radius 3 is 2.65 bits per heavy atom. The minimum Gasteiger partial charge on any atom is -0.478 e. The first-order valence-electron chi connectivity index (χ1n) is 5.44. The number of aliphatic carboxylic acids is 1. The predicted octanol–water partition coefficient (Wildman–Crippen LogP) is 1.94. The molecule has 0 spiro atoms. The SMILES string of the molecule is O=C(O)C1=CCC(=NS(=O)(=O)c2cncc(Br)c2)C=C1. The Morgan fingerprint density at radius 1 is 1.35 bits per heavy atom. The van der Waals surface area contributed by atoms with Gasteiger partial charge in [-0.25, -0.2) is 4.79 Å². The highest BCUT2D eigenvalue weighted by molar-refractivity contribution is 9.10. The summed E-state index contributed by atoms with van der Waals surface area (Å²) >= 11 is 3.14. The second-order valence-electron chi connectivity index (χ2n) is 3.90. The maximum Gasteiger partial charge on any atom is 0.335 e. The van der Waals surface area contributed by atoms with Gasteiger partial charge in [-0.1, -0.05) is 6.08 Å². The highest BCUT2D eigenvalue weighted by Gasteiger charge is 2.16. The number of halogens is 1. The van der Waals surface area contributed by atoms with Crippen molar-refractivity contribution in [3.8, 4) is 0 Å². The van der Waals surface area contributed by atoms with E-state index >= 15 is 0 Å². The highest BCUT2D eigenvalue weighted by Crippen LogP contribution is 2.18. The summed E-state index contributed by atoms with van der Waals surface area (Å²) in [4.78, 5) is 14.5. The third kappa shape index (κ3) is 3.40. The molecule has 0 fully saturated rings. The molecule has 0 saturated heterocycles. The first-order valence-corrected chi connectivity index (χ1v) is 7.68. The van der Waals surface area contributed by atoms with E-state index in [1.54, 1.807) is 0 Å². The number of allylic oxidation sites excluding steroid dienone is 2. The average Bonchev–Trinajstić information content (AvgIpc) is 2.39. The molecule has 8 heteroatoms. The monoisotopic (exact) mass is 356 g/mol. The molecule has 0 radical (unpaired) electrons. The fourth-order valence-electron chi connectivity index (χ4n) is 1.50. The van der Waals surface area contributed by atoms with Crippen LogP contribution in [-0.4, -0.2) is 30.2 Å². The van der Waals surface area contributed by atoms with Crippen LogP contribution in [-0.2, 0) is 14.8 Å². The standard InChI is InChI=1S/C12H9BrN2O4S/c13-9-5-11(7-14-6-9)20(18,19)15-10-3-1-8(2-4-10)12(16)17/h1-3,5-7H,4H2,(H,16,17). The third-order valence-corrected chi connectivity index (χ3v) is 4.18. The van der Waals surface area contributed by atoms with Crippen LogP contribution >= 0.6 is 15.9 Å². The van der Waals surface area contributed by atoms with Gasteiger partial charge in [-0.3, -0.25) is 4.98 Å². The molecular weight excluding hydrogens is 348 g/mol. The Hall–Kier alpha value is -1.80. The molecule has 1 aliphatic rings. The predicted molar refractivity (Wildman–Crippen MR) is 76.0 cm³/mol. The number of carboxylic acids is 1. The summed E-state index contributed by atoms with van der Waals surface area (Å²) in [5.41, 5.74) is 0.389. The van der Waals surface area contributed by atoms with E-state index < -0.39 is 16.0 Å². The van der Waals surface area contributed by atoms with Gasteiger partial charge < -0.3 is 5.11 Å². The van der Waals surface area contributed by atoms with Crippen LogP contribution in [0.2, 0.25) is 0 Å². The third-order valence-electron chi connectivity index (χ3n) is 2.45. The smallest absolute Gasteiger partial charge is 0.335 e. The number of hydrogen-bond acceptors (Lipinski definition) is 4. The molecule has 0 bridgehead atoms. The first kappa shape index (κ1) is 14.6. The van der Waals surface area contributed by atoms with E-state index in [1.807, 2.05) is 0 Å². The van der Waals surface area contributed by atoms with Crippen LogP contribution in [0.3, 0.4) is 0 Å². The number of carboxylic acid groups (broad SMARTS) is 1. The molecule has 104 valence electrons. The topological polar surface area (TPSA) is 96.7 Å². The molecule has 1 aliphatic carbocycles. The number of carbonyl (C=O) groups is 1. The summed E-state index contributed by atoms with van der Waals surface area (Å²) < 4.78 is 28.3. The zero-order valence-electron chi connectivity index (χ0n) is 10.0. The molecule has 0 atom stereocenters. The summed E-state index contributed by atoms with van der Waals surface area (Å²) in [5, 5.41) is 8.77. The van der Waals surface area contributed by atoms with Crippen LogP contribution in [0.25, 0.3) is 0 Å². The minimum atomic E-state index is -3.85. The minimum absolute atomic E-state index is 0.0270. The Morgan fingerprint density at radius 2 is 2.10 bits per heavy atom. The molecular formula is C12H9BrN2O4S. The Balaban J connectivity index is 2.28. The number of pyridine rings is 1. The van der Waals surface area contributed by atoms with Gasteiger partial charge in [0.2, 0.25) is 0 Å². The van der Waals surface area contributed by atoms with Gasteiger partial charge in [0.25, 0.3) is 10.0 Å². The fraction of sp³-hybridized carbons (Fsp3) is 0.0833. The van der Waals surface area contributed by atoms with Gasteiger partial charge in [-0.15, -0.1) is 0 Å².